The largest absolute Gasteiger partial charge is 0.464 e. The zero-order valence-corrected chi connectivity index (χ0v) is 14.4. The van der Waals surface area contributed by atoms with Gasteiger partial charge in [-0.05, 0) is 34.1 Å². The molecule has 0 amide bonds. The number of halogens is 2. The monoisotopic (exact) mass is 402 g/mol. The van der Waals surface area contributed by atoms with E-state index in [4.69, 9.17) is 20.8 Å². The second-order valence-corrected chi connectivity index (χ2v) is 6.63. The number of rotatable bonds is 6. The molecule has 0 fully saturated rings. The summed E-state index contributed by atoms with van der Waals surface area (Å²) in [6.07, 6.45) is 1.88. The summed E-state index contributed by atoms with van der Waals surface area (Å²) in [5, 5.41) is 1.28. The molecule has 0 aliphatic rings. The number of hydrogen-bond acceptors (Lipinski definition) is 4. The number of hydrogen-bond donors (Lipinski definition) is 0. The third kappa shape index (κ3) is 4.56. The van der Waals surface area contributed by atoms with Crippen LogP contribution in [0.5, 0.6) is 0 Å². The Hall–Kier alpha value is -1.37. The minimum Gasteiger partial charge on any atom is -0.464 e. The van der Waals surface area contributed by atoms with Crippen molar-refractivity contribution in [3.8, 4) is 0 Å². The first-order valence-electron chi connectivity index (χ1n) is 6.25. The first-order chi connectivity index (χ1) is 10.6. The highest BCUT2D eigenvalue weighted by atomic mass is 79.9. The molecule has 2 aromatic rings. The second kappa shape index (κ2) is 8.31. The molecule has 0 saturated carbocycles. The lowest BCUT2D eigenvalue weighted by molar-refractivity contribution is -0.143. The van der Waals surface area contributed by atoms with Gasteiger partial charge in [-0.15, -0.1) is 11.6 Å². The number of benzene rings is 1. The number of carbonyl (C=O) groups is 1. The third-order valence-electron chi connectivity index (χ3n) is 2.64. The van der Waals surface area contributed by atoms with E-state index < -0.39 is 22.9 Å². The van der Waals surface area contributed by atoms with Crippen LogP contribution < -0.4 is 0 Å². The summed E-state index contributed by atoms with van der Waals surface area (Å²) in [4.78, 5) is 12.4. The molecule has 0 aliphatic carbocycles. The summed E-state index contributed by atoms with van der Waals surface area (Å²) < 4.78 is 23.0. The molecule has 1 unspecified atom stereocenters. The van der Waals surface area contributed by atoms with Crippen molar-refractivity contribution in [1.82, 2.24) is 0 Å². The van der Waals surface area contributed by atoms with E-state index in [0.29, 0.717) is 15.1 Å². The van der Waals surface area contributed by atoms with Crippen LogP contribution in [0.1, 0.15) is 11.9 Å². The number of alkyl halides is 1. The predicted octanol–water partition coefficient (Wildman–Crippen LogP) is 4.19. The van der Waals surface area contributed by atoms with Gasteiger partial charge in [0.25, 0.3) is 0 Å². The zero-order valence-electron chi connectivity index (χ0n) is 11.3. The molecule has 0 saturated heterocycles. The fourth-order valence-electron chi connectivity index (χ4n) is 1.62. The molecule has 0 bridgehead atoms. The van der Waals surface area contributed by atoms with Crippen molar-refractivity contribution in [3.63, 3.8) is 0 Å². The molecule has 4 nitrogen and oxygen atoms in total. The van der Waals surface area contributed by atoms with Gasteiger partial charge in [0.15, 0.2) is 11.9 Å². The topological polar surface area (TPSA) is 56.5 Å². The number of furan rings is 1. The summed E-state index contributed by atoms with van der Waals surface area (Å²) in [6.45, 7) is 0. The van der Waals surface area contributed by atoms with Crippen LogP contribution in [-0.2, 0) is 20.3 Å². The van der Waals surface area contributed by atoms with Crippen LogP contribution in [0.25, 0.3) is 0 Å². The van der Waals surface area contributed by atoms with E-state index in [1.54, 1.807) is 30.3 Å². The standard InChI is InChI=1S/C15H12BrClO4S/c16-12-6-8-20-15(12)13(10-17)21-14(18)7-9-22(19)11-4-2-1-3-5-11/h1-9,13H,10H2/b9-7-/t13-,22?/m1/s1. The van der Waals surface area contributed by atoms with Gasteiger partial charge in [0.05, 0.1) is 27.4 Å². The average Bonchev–Trinajstić information content (AvgIpc) is 2.97. The van der Waals surface area contributed by atoms with E-state index in [9.17, 15) is 9.00 Å². The van der Waals surface area contributed by atoms with E-state index in [2.05, 4.69) is 15.9 Å². The SMILES string of the molecule is O=C(/C=C\S(=O)c1ccccc1)O[C@H](CCl)c1occc1Br. The van der Waals surface area contributed by atoms with Crippen molar-refractivity contribution >= 4 is 44.3 Å². The van der Waals surface area contributed by atoms with Crippen molar-refractivity contribution in [1.29, 1.82) is 0 Å². The Morgan fingerprint density at radius 3 is 2.68 bits per heavy atom. The maximum Gasteiger partial charge on any atom is 0.332 e. The molecule has 2 atom stereocenters. The normalized spacial score (nSPS) is 13.9. The Kier molecular flexibility index (Phi) is 6.42. The molecule has 7 heteroatoms. The van der Waals surface area contributed by atoms with Crippen molar-refractivity contribution in [2.45, 2.75) is 11.0 Å². The Labute approximate surface area is 143 Å². The fourth-order valence-corrected chi connectivity index (χ4v) is 3.10. The van der Waals surface area contributed by atoms with Crippen LogP contribution in [0.4, 0.5) is 0 Å². The van der Waals surface area contributed by atoms with Crippen molar-refractivity contribution in [3.05, 3.63) is 64.4 Å². The Morgan fingerprint density at radius 1 is 1.36 bits per heavy atom. The number of ether oxygens (including phenoxy) is 1. The number of carbonyl (C=O) groups excluding carboxylic acids is 1. The van der Waals surface area contributed by atoms with Crippen LogP contribution in [0.15, 0.2) is 67.9 Å². The van der Waals surface area contributed by atoms with Gasteiger partial charge < -0.3 is 9.15 Å². The van der Waals surface area contributed by atoms with Crippen LogP contribution in [0.2, 0.25) is 0 Å². The van der Waals surface area contributed by atoms with Gasteiger partial charge in [-0.3, -0.25) is 0 Å². The molecule has 0 spiro atoms. The van der Waals surface area contributed by atoms with Crippen LogP contribution >= 0.6 is 27.5 Å². The minimum absolute atomic E-state index is 0.0491. The lowest BCUT2D eigenvalue weighted by Gasteiger charge is -2.11. The predicted molar refractivity (Wildman–Crippen MR) is 88.0 cm³/mol. The van der Waals surface area contributed by atoms with E-state index in [1.807, 2.05) is 6.07 Å². The van der Waals surface area contributed by atoms with E-state index in [0.717, 1.165) is 6.08 Å². The molecule has 1 aromatic carbocycles. The minimum atomic E-state index is -1.41. The van der Waals surface area contributed by atoms with Crippen molar-refractivity contribution in [2.24, 2.45) is 0 Å². The van der Waals surface area contributed by atoms with E-state index >= 15 is 0 Å². The highest BCUT2D eigenvalue weighted by molar-refractivity contribution is 9.10. The summed E-state index contributed by atoms with van der Waals surface area (Å²) >= 11 is 9.07. The summed E-state index contributed by atoms with van der Waals surface area (Å²) in [6, 6.07) is 10.5. The average molecular weight is 404 g/mol. The molecule has 0 radical (unpaired) electrons. The molecule has 2 rings (SSSR count). The first-order valence-corrected chi connectivity index (χ1v) is 8.79. The Balaban J connectivity index is 1.99. The summed E-state index contributed by atoms with van der Waals surface area (Å²) in [5.74, 6) is -0.160. The second-order valence-electron chi connectivity index (χ2n) is 4.13. The summed E-state index contributed by atoms with van der Waals surface area (Å²) in [7, 11) is -1.41. The summed E-state index contributed by atoms with van der Waals surface area (Å²) in [5.41, 5.74) is 0. The highest BCUT2D eigenvalue weighted by Crippen LogP contribution is 2.28. The molecule has 22 heavy (non-hydrogen) atoms. The molecular formula is C15H12BrClO4S. The molecule has 0 N–H and O–H groups in total. The highest BCUT2D eigenvalue weighted by Gasteiger charge is 2.20. The Morgan fingerprint density at radius 2 is 2.09 bits per heavy atom. The first kappa shape index (κ1) is 17.0. The van der Waals surface area contributed by atoms with Crippen molar-refractivity contribution < 1.29 is 18.2 Å². The van der Waals surface area contributed by atoms with Gasteiger partial charge in [-0.1, -0.05) is 18.2 Å². The zero-order chi connectivity index (χ0) is 15.9. The maximum atomic E-state index is 12.0. The van der Waals surface area contributed by atoms with Gasteiger partial charge in [0.1, 0.15) is 0 Å². The van der Waals surface area contributed by atoms with Crippen molar-refractivity contribution in [2.75, 3.05) is 5.88 Å². The van der Waals surface area contributed by atoms with Crippen LogP contribution in [0, 0.1) is 0 Å². The molecule has 1 aromatic heterocycles. The van der Waals surface area contributed by atoms with Gasteiger partial charge in [0, 0.05) is 16.4 Å². The van der Waals surface area contributed by atoms with Gasteiger partial charge in [-0.25, -0.2) is 9.00 Å². The molecular weight excluding hydrogens is 392 g/mol. The van der Waals surface area contributed by atoms with E-state index in [-0.39, 0.29) is 5.88 Å². The van der Waals surface area contributed by atoms with Crippen LogP contribution in [0.3, 0.4) is 0 Å². The smallest absolute Gasteiger partial charge is 0.332 e. The van der Waals surface area contributed by atoms with Gasteiger partial charge in [0.2, 0.25) is 0 Å². The number of esters is 1. The molecule has 0 aliphatic heterocycles. The third-order valence-corrected chi connectivity index (χ3v) is 4.69. The molecule has 1 heterocycles. The lowest BCUT2D eigenvalue weighted by Crippen LogP contribution is -2.10. The van der Waals surface area contributed by atoms with E-state index in [1.165, 1.54) is 11.7 Å². The quantitative estimate of drug-likeness (QED) is 0.412. The fraction of sp³-hybridized carbons (Fsp3) is 0.133. The molecule has 116 valence electrons. The van der Waals surface area contributed by atoms with Gasteiger partial charge in [-0.2, -0.15) is 0 Å². The van der Waals surface area contributed by atoms with Crippen LogP contribution in [-0.4, -0.2) is 16.1 Å². The van der Waals surface area contributed by atoms with Gasteiger partial charge >= 0.3 is 5.97 Å². The maximum absolute atomic E-state index is 12.0. The Bertz CT molecular complexity index is 684. The lowest BCUT2D eigenvalue weighted by atomic mass is 10.3.